The van der Waals surface area contributed by atoms with Crippen LogP contribution in [0.4, 0.5) is 15.3 Å². The number of anilines is 1. The smallest absolute Gasteiger partial charge is 0.415 e. The number of carbonyl (C=O) groups is 4. The number of cyclic esters (lactones) is 1. The van der Waals surface area contributed by atoms with Gasteiger partial charge in [0.25, 0.3) is 11.8 Å². The molecule has 4 N–H and O–H groups in total. The molecule has 0 spiro atoms. The highest BCUT2D eigenvalue weighted by Crippen LogP contribution is 2.22. The van der Waals surface area contributed by atoms with Crippen LogP contribution in [0.25, 0.3) is 0 Å². The Bertz CT molecular complexity index is 1250. The van der Waals surface area contributed by atoms with E-state index in [0.29, 0.717) is 12.2 Å². The average molecular weight is 612 g/mol. The summed E-state index contributed by atoms with van der Waals surface area (Å²) in [4.78, 5) is 52.7. The molecule has 2 unspecified atom stereocenters. The summed E-state index contributed by atoms with van der Waals surface area (Å²) in [5, 5.41) is 18.6. The maximum Gasteiger partial charge on any atom is 0.415 e. The van der Waals surface area contributed by atoms with Crippen molar-refractivity contribution in [1.29, 1.82) is 0 Å². The Morgan fingerprint density at radius 1 is 1.02 bits per heavy atom. The first-order chi connectivity index (χ1) is 20.8. The van der Waals surface area contributed by atoms with Gasteiger partial charge in [0, 0.05) is 18.8 Å². The van der Waals surface area contributed by atoms with E-state index in [4.69, 9.17) is 9.47 Å². The van der Waals surface area contributed by atoms with Crippen LogP contribution < -0.4 is 21.0 Å². The number of benzene rings is 2. The van der Waals surface area contributed by atoms with E-state index in [2.05, 4.69) is 16.1 Å². The van der Waals surface area contributed by atoms with Crippen LogP contribution in [0.15, 0.2) is 60.7 Å². The standard InChI is InChI=1S/C32H45N5O7/c1-21(2)18-36(35-29(40)27(32(3,4)5)34-30(41)43-6)19-25(38)24(17-22-13-9-7-10-14-22)33-28(39)26-20-37(31(42)44-26)23-15-11-8-12-16-23/h7-16,21,24-27,38H,17-20H2,1-6H3,(H,33,39)(H,34,41)(H,35,40)/t24-,25?,26-,27?/m0/s1. The molecule has 0 radical (unpaired) electrons. The number of methoxy groups -OCH3 is 1. The molecule has 44 heavy (non-hydrogen) atoms. The van der Waals surface area contributed by atoms with Crippen molar-refractivity contribution in [2.24, 2.45) is 11.3 Å². The van der Waals surface area contributed by atoms with Gasteiger partial charge in [0.05, 0.1) is 25.8 Å². The number of aliphatic hydroxyl groups is 1. The molecule has 0 saturated carbocycles. The zero-order chi connectivity index (χ0) is 32.4. The molecule has 4 atom stereocenters. The van der Waals surface area contributed by atoms with Gasteiger partial charge in [0.15, 0.2) is 6.10 Å². The number of hydrazine groups is 1. The molecule has 1 aliphatic heterocycles. The summed E-state index contributed by atoms with van der Waals surface area (Å²) in [5.41, 5.74) is 3.70. The average Bonchev–Trinajstić information content (AvgIpc) is 3.36. The van der Waals surface area contributed by atoms with Crippen molar-refractivity contribution in [2.75, 3.05) is 31.6 Å². The Labute approximate surface area is 259 Å². The summed E-state index contributed by atoms with van der Waals surface area (Å²) in [5.74, 6) is -0.905. The van der Waals surface area contributed by atoms with E-state index < -0.39 is 53.7 Å². The van der Waals surface area contributed by atoms with Crippen molar-refractivity contribution < 1.29 is 33.8 Å². The predicted molar refractivity (Wildman–Crippen MR) is 165 cm³/mol. The molecule has 0 aromatic heterocycles. The van der Waals surface area contributed by atoms with Gasteiger partial charge in [-0.2, -0.15) is 0 Å². The van der Waals surface area contributed by atoms with Crippen LogP contribution in [0.2, 0.25) is 0 Å². The van der Waals surface area contributed by atoms with Crippen LogP contribution in [0.1, 0.15) is 40.2 Å². The molecule has 1 heterocycles. The van der Waals surface area contributed by atoms with Crippen LogP contribution in [0.3, 0.4) is 0 Å². The molecule has 2 aromatic rings. The zero-order valence-electron chi connectivity index (χ0n) is 26.3. The second-order valence-corrected chi connectivity index (χ2v) is 12.4. The number of aliphatic hydroxyl groups excluding tert-OH is 1. The molecule has 3 rings (SSSR count). The van der Waals surface area contributed by atoms with Gasteiger partial charge in [-0.25, -0.2) is 14.6 Å². The van der Waals surface area contributed by atoms with Crippen molar-refractivity contribution in [3.63, 3.8) is 0 Å². The summed E-state index contributed by atoms with van der Waals surface area (Å²) < 4.78 is 10.1. The second kappa shape index (κ2) is 15.5. The molecule has 12 nitrogen and oxygen atoms in total. The lowest BCUT2D eigenvalue weighted by molar-refractivity contribution is -0.133. The third kappa shape index (κ3) is 9.95. The number of para-hydroxylation sites is 1. The van der Waals surface area contributed by atoms with Crippen molar-refractivity contribution in [3.8, 4) is 0 Å². The topological polar surface area (TPSA) is 150 Å². The molecule has 1 aliphatic rings. The highest BCUT2D eigenvalue weighted by Gasteiger charge is 2.39. The van der Waals surface area contributed by atoms with Gasteiger partial charge in [-0.15, -0.1) is 0 Å². The molecule has 4 amide bonds. The fourth-order valence-electron chi connectivity index (χ4n) is 4.88. The Kier molecular flexibility index (Phi) is 12.1. The predicted octanol–water partition coefficient (Wildman–Crippen LogP) is 2.86. The minimum atomic E-state index is -1.14. The van der Waals surface area contributed by atoms with Gasteiger partial charge >= 0.3 is 12.2 Å². The highest BCUT2D eigenvalue weighted by molar-refractivity contribution is 5.95. The van der Waals surface area contributed by atoms with Crippen molar-refractivity contribution in [2.45, 2.75) is 65.3 Å². The molecule has 2 aromatic carbocycles. The Balaban J connectivity index is 1.77. The summed E-state index contributed by atoms with van der Waals surface area (Å²) in [6.45, 7) is 9.76. The number of ether oxygens (including phenoxy) is 2. The van der Waals surface area contributed by atoms with Crippen molar-refractivity contribution in [1.82, 2.24) is 21.1 Å². The van der Waals surface area contributed by atoms with Crippen LogP contribution >= 0.6 is 0 Å². The zero-order valence-corrected chi connectivity index (χ0v) is 26.3. The number of amides is 4. The first-order valence-corrected chi connectivity index (χ1v) is 14.7. The number of nitrogens with one attached hydrogen (secondary N) is 3. The SMILES string of the molecule is COC(=O)NC(C(=O)NN(CC(C)C)CC(O)[C@H](Cc1ccccc1)NC(=O)[C@@H]1CN(c2ccccc2)C(=O)O1)C(C)(C)C. The third-order valence-corrected chi connectivity index (χ3v) is 7.10. The molecular weight excluding hydrogens is 566 g/mol. The number of rotatable bonds is 13. The summed E-state index contributed by atoms with van der Waals surface area (Å²) in [7, 11) is 1.22. The molecule has 1 fully saturated rings. The lowest BCUT2D eigenvalue weighted by atomic mass is 9.86. The fraction of sp³-hybridized carbons (Fsp3) is 0.500. The molecule has 12 heteroatoms. The number of nitrogens with zero attached hydrogens (tertiary/aromatic N) is 2. The number of alkyl carbamates (subject to hydrolysis) is 1. The lowest BCUT2D eigenvalue weighted by Gasteiger charge is -2.35. The fourth-order valence-corrected chi connectivity index (χ4v) is 4.88. The third-order valence-electron chi connectivity index (χ3n) is 7.10. The van der Waals surface area contributed by atoms with Crippen LogP contribution in [-0.4, -0.2) is 85.2 Å². The van der Waals surface area contributed by atoms with Gasteiger partial charge < -0.3 is 25.2 Å². The van der Waals surface area contributed by atoms with Crippen LogP contribution in [0, 0.1) is 11.3 Å². The number of carbonyl (C=O) groups excluding carboxylic acids is 4. The highest BCUT2D eigenvalue weighted by atomic mass is 16.6. The normalized spacial score (nSPS) is 17.1. The Morgan fingerprint density at radius 3 is 2.20 bits per heavy atom. The first kappa shape index (κ1) is 34.3. The van der Waals surface area contributed by atoms with Gasteiger partial charge in [-0.3, -0.25) is 19.9 Å². The quantitative estimate of drug-likeness (QED) is 0.253. The summed E-state index contributed by atoms with van der Waals surface area (Å²) >= 11 is 0. The molecule has 1 saturated heterocycles. The van der Waals surface area contributed by atoms with Gasteiger partial charge in [0.2, 0.25) is 0 Å². The van der Waals surface area contributed by atoms with E-state index in [1.165, 1.54) is 12.0 Å². The van der Waals surface area contributed by atoms with E-state index in [-0.39, 0.29) is 25.4 Å². The molecule has 0 bridgehead atoms. The van der Waals surface area contributed by atoms with Crippen LogP contribution in [-0.2, 0) is 25.5 Å². The van der Waals surface area contributed by atoms with Gasteiger partial charge in [-0.1, -0.05) is 83.1 Å². The van der Waals surface area contributed by atoms with Gasteiger partial charge in [-0.05, 0) is 35.4 Å². The molecular formula is C32H45N5O7. The second-order valence-electron chi connectivity index (χ2n) is 12.4. The Hall–Kier alpha value is -4.16. The van der Waals surface area contributed by atoms with E-state index in [1.807, 2.05) is 71.0 Å². The summed E-state index contributed by atoms with van der Waals surface area (Å²) in [6, 6.07) is 16.6. The maximum atomic E-state index is 13.4. The Morgan fingerprint density at radius 2 is 1.64 bits per heavy atom. The minimum Gasteiger partial charge on any atom is -0.453 e. The maximum absolute atomic E-state index is 13.4. The lowest BCUT2D eigenvalue weighted by Crippen LogP contribution is -2.60. The van der Waals surface area contributed by atoms with Crippen molar-refractivity contribution >= 4 is 29.7 Å². The van der Waals surface area contributed by atoms with E-state index in [1.54, 1.807) is 29.3 Å². The monoisotopic (exact) mass is 611 g/mol. The number of hydrogen-bond donors (Lipinski definition) is 4. The summed E-state index contributed by atoms with van der Waals surface area (Å²) in [6.07, 6.45) is -3.29. The van der Waals surface area contributed by atoms with E-state index >= 15 is 0 Å². The largest absolute Gasteiger partial charge is 0.453 e. The van der Waals surface area contributed by atoms with Gasteiger partial charge in [0.1, 0.15) is 6.04 Å². The molecule has 0 aliphatic carbocycles. The number of hydrogen-bond acceptors (Lipinski definition) is 8. The van der Waals surface area contributed by atoms with Crippen LogP contribution in [0.5, 0.6) is 0 Å². The molecule has 240 valence electrons. The van der Waals surface area contributed by atoms with E-state index in [0.717, 1.165) is 5.56 Å². The van der Waals surface area contributed by atoms with E-state index in [9.17, 15) is 24.3 Å². The minimum absolute atomic E-state index is 0.0275. The first-order valence-electron chi connectivity index (χ1n) is 14.7. The van der Waals surface area contributed by atoms with Crippen molar-refractivity contribution in [3.05, 3.63) is 66.2 Å².